The first-order valence-electron chi connectivity index (χ1n) is 10.6. The number of nitrogens with zero attached hydrogens (tertiary/aromatic N) is 3. The molecule has 1 N–H and O–H groups in total. The molecule has 3 atom stereocenters. The molecule has 158 valence electrons. The third-order valence-corrected chi connectivity index (χ3v) is 6.37. The predicted octanol–water partition coefficient (Wildman–Crippen LogP) is 3.38. The zero-order valence-electron chi connectivity index (χ0n) is 17.5. The molecular formula is C23H28N4O3. The standard InChI is InChI=1S/C23H28N4O3/c1-3-16(2)24-23(28)20-14-17-13-19(27(29)30)9-10-21(17)26-12-11-25(15-22(20)26)18-7-5-4-6-8-18/h4-10,13,16,20,22H,3,11-12,14-15H2,1-2H3,(H,24,28)/t16-,20+,22+/m0/s1. The van der Waals surface area contributed by atoms with Crippen LogP contribution in [0.5, 0.6) is 0 Å². The second-order valence-corrected chi connectivity index (χ2v) is 8.24. The van der Waals surface area contributed by atoms with Crippen molar-refractivity contribution in [1.29, 1.82) is 0 Å². The van der Waals surface area contributed by atoms with Crippen molar-refractivity contribution in [2.45, 2.75) is 38.8 Å². The van der Waals surface area contributed by atoms with Gasteiger partial charge in [0, 0.05) is 49.2 Å². The number of hydrogen-bond acceptors (Lipinski definition) is 5. The predicted molar refractivity (Wildman–Crippen MR) is 118 cm³/mol. The fraction of sp³-hybridized carbons (Fsp3) is 0.435. The molecule has 0 radical (unpaired) electrons. The van der Waals surface area contributed by atoms with Gasteiger partial charge in [-0.2, -0.15) is 0 Å². The summed E-state index contributed by atoms with van der Waals surface area (Å²) in [6, 6.07) is 15.5. The molecule has 0 saturated carbocycles. The number of carbonyl (C=O) groups is 1. The van der Waals surface area contributed by atoms with Gasteiger partial charge in [-0.15, -0.1) is 0 Å². The van der Waals surface area contributed by atoms with Gasteiger partial charge in [-0.05, 0) is 43.5 Å². The van der Waals surface area contributed by atoms with E-state index in [9.17, 15) is 14.9 Å². The molecule has 0 aliphatic carbocycles. The van der Waals surface area contributed by atoms with Crippen LogP contribution >= 0.6 is 0 Å². The first-order chi connectivity index (χ1) is 14.5. The van der Waals surface area contributed by atoms with Crippen molar-refractivity contribution < 1.29 is 9.72 Å². The van der Waals surface area contributed by atoms with Gasteiger partial charge in [-0.3, -0.25) is 14.9 Å². The van der Waals surface area contributed by atoms with Crippen LogP contribution in [0.15, 0.2) is 48.5 Å². The Morgan fingerprint density at radius 2 is 2.00 bits per heavy atom. The van der Waals surface area contributed by atoms with Crippen molar-refractivity contribution >= 4 is 23.0 Å². The van der Waals surface area contributed by atoms with E-state index >= 15 is 0 Å². The fourth-order valence-electron chi connectivity index (χ4n) is 4.55. The molecule has 4 rings (SSSR count). The number of para-hydroxylation sites is 1. The Balaban J connectivity index is 1.67. The molecule has 1 saturated heterocycles. The number of amides is 1. The number of nitro groups is 1. The van der Waals surface area contributed by atoms with Gasteiger partial charge in [0.2, 0.25) is 5.91 Å². The number of fused-ring (bicyclic) bond motifs is 3. The summed E-state index contributed by atoms with van der Waals surface area (Å²) < 4.78 is 0. The molecule has 0 aromatic heterocycles. The van der Waals surface area contributed by atoms with Crippen LogP contribution in [0.25, 0.3) is 0 Å². The molecule has 2 aliphatic heterocycles. The summed E-state index contributed by atoms with van der Waals surface area (Å²) in [6.07, 6.45) is 1.38. The Morgan fingerprint density at radius 3 is 2.70 bits per heavy atom. The SMILES string of the molecule is CC[C@H](C)NC(=O)[C@@H]1Cc2cc([N+](=O)[O-])ccc2N2CCN(c3ccccc3)C[C@H]12. The molecule has 1 fully saturated rings. The van der Waals surface area contributed by atoms with E-state index in [-0.39, 0.29) is 34.5 Å². The Bertz CT molecular complexity index is 933. The zero-order valence-corrected chi connectivity index (χ0v) is 17.5. The number of hydrogen-bond donors (Lipinski definition) is 1. The van der Waals surface area contributed by atoms with E-state index in [1.165, 1.54) is 0 Å². The van der Waals surface area contributed by atoms with Crippen molar-refractivity contribution in [3.8, 4) is 0 Å². The van der Waals surface area contributed by atoms with Crippen LogP contribution in [-0.4, -0.2) is 42.5 Å². The maximum Gasteiger partial charge on any atom is 0.269 e. The van der Waals surface area contributed by atoms with Crippen LogP contribution in [0.2, 0.25) is 0 Å². The molecule has 0 unspecified atom stereocenters. The first-order valence-corrected chi connectivity index (χ1v) is 10.6. The molecular weight excluding hydrogens is 380 g/mol. The van der Waals surface area contributed by atoms with Crippen LogP contribution in [0, 0.1) is 16.0 Å². The van der Waals surface area contributed by atoms with E-state index in [1.54, 1.807) is 12.1 Å². The van der Waals surface area contributed by atoms with E-state index < -0.39 is 0 Å². The maximum atomic E-state index is 13.2. The lowest BCUT2D eigenvalue weighted by atomic mass is 9.83. The number of non-ortho nitro benzene ring substituents is 1. The summed E-state index contributed by atoms with van der Waals surface area (Å²) in [7, 11) is 0. The van der Waals surface area contributed by atoms with E-state index in [2.05, 4.69) is 34.2 Å². The quantitative estimate of drug-likeness (QED) is 0.606. The number of nitrogens with one attached hydrogen (secondary N) is 1. The van der Waals surface area contributed by atoms with Crippen molar-refractivity contribution in [1.82, 2.24) is 5.32 Å². The summed E-state index contributed by atoms with van der Waals surface area (Å²) in [4.78, 5) is 28.7. The summed E-state index contributed by atoms with van der Waals surface area (Å²) in [5.74, 6) is -0.216. The second-order valence-electron chi connectivity index (χ2n) is 8.24. The molecule has 2 aromatic carbocycles. The average molecular weight is 409 g/mol. The number of piperazine rings is 1. The van der Waals surface area contributed by atoms with Gasteiger partial charge in [0.05, 0.1) is 16.9 Å². The number of rotatable bonds is 5. The van der Waals surface area contributed by atoms with Gasteiger partial charge < -0.3 is 15.1 Å². The summed E-state index contributed by atoms with van der Waals surface area (Å²) in [5, 5.41) is 14.4. The average Bonchev–Trinajstić information content (AvgIpc) is 2.78. The van der Waals surface area contributed by atoms with Crippen molar-refractivity contribution in [2.24, 2.45) is 5.92 Å². The Labute approximate surface area is 176 Å². The number of benzene rings is 2. The zero-order chi connectivity index (χ0) is 21.3. The van der Waals surface area contributed by atoms with E-state index in [0.717, 1.165) is 43.0 Å². The first kappa shape index (κ1) is 20.2. The molecule has 7 heteroatoms. The highest BCUT2D eigenvalue weighted by molar-refractivity contribution is 5.82. The largest absolute Gasteiger partial charge is 0.368 e. The van der Waals surface area contributed by atoms with Gasteiger partial charge in [-0.25, -0.2) is 0 Å². The lowest BCUT2D eigenvalue weighted by Crippen LogP contribution is -2.61. The minimum atomic E-state index is -0.367. The fourth-order valence-corrected chi connectivity index (χ4v) is 4.55. The summed E-state index contributed by atoms with van der Waals surface area (Å²) in [6.45, 7) is 6.43. The Kier molecular flexibility index (Phi) is 5.61. The highest BCUT2D eigenvalue weighted by Gasteiger charge is 2.42. The summed E-state index contributed by atoms with van der Waals surface area (Å²) in [5.41, 5.74) is 3.15. The van der Waals surface area contributed by atoms with Crippen LogP contribution in [-0.2, 0) is 11.2 Å². The van der Waals surface area contributed by atoms with E-state index in [1.807, 2.05) is 31.2 Å². The molecule has 1 amide bonds. The topological polar surface area (TPSA) is 78.7 Å². The van der Waals surface area contributed by atoms with Crippen molar-refractivity contribution in [3.63, 3.8) is 0 Å². The normalized spacial score (nSPS) is 21.4. The number of carbonyl (C=O) groups excluding carboxylic acids is 1. The van der Waals surface area contributed by atoms with Crippen molar-refractivity contribution in [2.75, 3.05) is 29.4 Å². The molecule has 0 spiro atoms. The van der Waals surface area contributed by atoms with Gasteiger partial charge in [0.25, 0.3) is 5.69 Å². The molecule has 2 heterocycles. The molecule has 7 nitrogen and oxygen atoms in total. The van der Waals surface area contributed by atoms with E-state index in [4.69, 9.17) is 0 Å². The van der Waals surface area contributed by atoms with Crippen LogP contribution in [0.1, 0.15) is 25.8 Å². The van der Waals surface area contributed by atoms with Crippen LogP contribution < -0.4 is 15.1 Å². The monoisotopic (exact) mass is 408 g/mol. The third kappa shape index (κ3) is 3.84. The lowest BCUT2D eigenvalue weighted by molar-refractivity contribution is -0.384. The van der Waals surface area contributed by atoms with Crippen molar-refractivity contribution in [3.05, 3.63) is 64.2 Å². The second kappa shape index (κ2) is 8.34. The molecule has 0 bridgehead atoms. The van der Waals surface area contributed by atoms with Gasteiger partial charge in [0.1, 0.15) is 0 Å². The molecule has 2 aromatic rings. The van der Waals surface area contributed by atoms with Crippen LogP contribution in [0.3, 0.4) is 0 Å². The number of nitro benzene ring substituents is 1. The molecule has 30 heavy (non-hydrogen) atoms. The Morgan fingerprint density at radius 1 is 1.23 bits per heavy atom. The van der Waals surface area contributed by atoms with Gasteiger partial charge in [0.15, 0.2) is 0 Å². The lowest BCUT2D eigenvalue weighted by Gasteiger charge is -2.49. The molecule has 2 aliphatic rings. The van der Waals surface area contributed by atoms with Crippen LogP contribution in [0.4, 0.5) is 17.1 Å². The van der Waals surface area contributed by atoms with Gasteiger partial charge >= 0.3 is 0 Å². The smallest absolute Gasteiger partial charge is 0.269 e. The maximum absolute atomic E-state index is 13.2. The highest BCUT2D eigenvalue weighted by Crippen LogP contribution is 2.38. The van der Waals surface area contributed by atoms with Gasteiger partial charge in [-0.1, -0.05) is 25.1 Å². The Hall–Kier alpha value is -3.09. The summed E-state index contributed by atoms with van der Waals surface area (Å²) >= 11 is 0. The third-order valence-electron chi connectivity index (χ3n) is 6.37. The minimum Gasteiger partial charge on any atom is -0.368 e. The van der Waals surface area contributed by atoms with E-state index in [0.29, 0.717) is 6.42 Å². The minimum absolute atomic E-state index is 0.0250. The number of anilines is 2. The highest BCUT2D eigenvalue weighted by atomic mass is 16.6.